The van der Waals surface area contributed by atoms with Crippen molar-refractivity contribution in [3.05, 3.63) is 12.7 Å². The van der Waals surface area contributed by atoms with Gasteiger partial charge in [0.15, 0.2) is 29.0 Å². The number of imidazole rings is 1. The highest BCUT2D eigenvalue weighted by Gasteiger charge is 2.55. The van der Waals surface area contributed by atoms with Crippen molar-refractivity contribution >= 4 is 29.6 Å². The molecule has 3 aliphatic rings. The van der Waals surface area contributed by atoms with Crippen LogP contribution in [0, 0.1) is 0 Å². The first-order chi connectivity index (χ1) is 13.1. The van der Waals surface area contributed by atoms with Gasteiger partial charge in [-0.3, -0.25) is 4.57 Å². The van der Waals surface area contributed by atoms with Gasteiger partial charge in [-0.05, 0) is 20.3 Å². The monoisotopic (exact) mass is 393 g/mol. The van der Waals surface area contributed by atoms with Gasteiger partial charge in [-0.2, -0.15) is 12.6 Å². The molecule has 1 N–H and O–H groups in total. The fourth-order valence-electron chi connectivity index (χ4n) is 4.02. The maximum atomic E-state index is 6.19. The summed E-state index contributed by atoms with van der Waals surface area (Å²) >= 11 is 4.41. The predicted molar refractivity (Wildman–Crippen MR) is 99.8 cm³/mol. The molecule has 3 saturated heterocycles. The van der Waals surface area contributed by atoms with Gasteiger partial charge in [-0.15, -0.1) is 0 Å². The molecule has 5 heterocycles. The lowest BCUT2D eigenvalue weighted by Crippen LogP contribution is -2.30. The average Bonchev–Trinajstić information content (AvgIpc) is 3.38. The van der Waals surface area contributed by atoms with E-state index in [4.69, 9.17) is 18.9 Å². The summed E-state index contributed by atoms with van der Waals surface area (Å²) in [4.78, 5) is 13.4. The Hall–Kier alpha value is -1.46. The van der Waals surface area contributed by atoms with E-state index in [9.17, 15) is 0 Å². The van der Waals surface area contributed by atoms with Crippen LogP contribution in [0.4, 0.5) is 5.82 Å². The fourth-order valence-corrected chi connectivity index (χ4v) is 4.31. The minimum atomic E-state index is -0.654. The van der Waals surface area contributed by atoms with Gasteiger partial charge in [0.05, 0.1) is 25.1 Å². The zero-order valence-corrected chi connectivity index (χ0v) is 16.1. The lowest BCUT2D eigenvalue weighted by molar-refractivity contribution is -0.193. The van der Waals surface area contributed by atoms with Crippen LogP contribution in [-0.4, -0.2) is 68.6 Å². The molecule has 5 atom stereocenters. The highest BCUT2D eigenvalue weighted by atomic mass is 32.1. The van der Waals surface area contributed by atoms with Crippen LogP contribution in [0.25, 0.3) is 11.2 Å². The van der Waals surface area contributed by atoms with E-state index in [-0.39, 0.29) is 30.6 Å². The molecule has 0 bridgehead atoms. The van der Waals surface area contributed by atoms with Crippen molar-refractivity contribution in [3.8, 4) is 0 Å². The van der Waals surface area contributed by atoms with Gasteiger partial charge in [-0.1, -0.05) is 0 Å². The van der Waals surface area contributed by atoms with Gasteiger partial charge in [0, 0.05) is 12.4 Å². The quantitative estimate of drug-likeness (QED) is 0.753. The van der Waals surface area contributed by atoms with Crippen LogP contribution >= 0.6 is 12.6 Å². The predicted octanol–water partition coefficient (Wildman–Crippen LogP) is 1.37. The Bertz CT molecular complexity index is 840. The molecule has 3 aliphatic heterocycles. The first-order valence-corrected chi connectivity index (χ1v) is 9.83. The highest BCUT2D eigenvalue weighted by molar-refractivity contribution is 7.80. The second-order valence-corrected chi connectivity index (χ2v) is 7.93. The maximum absolute atomic E-state index is 6.19. The molecule has 0 spiro atoms. The lowest BCUT2D eigenvalue weighted by Gasteiger charge is -2.24. The van der Waals surface area contributed by atoms with Crippen molar-refractivity contribution in [2.75, 3.05) is 24.3 Å². The Morgan fingerprint density at radius 3 is 2.89 bits per heavy atom. The molecule has 27 heavy (non-hydrogen) atoms. The first-order valence-electron chi connectivity index (χ1n) is 9.19. The van der Waals surface area contributed by atoms with Gasteiger partial charge in [0.1, 0.15) is 18.5 Å². The Morgan fingerprint density at radius 1 is 1.26 bits per heavy atom. The number of anilines is 1. The number of thiol groups is 1. The van der Waals surface area contributed by atoms with Gasteiger partial charge in [0.25, 0.3) is 0 Å². The molecule has 2 aromatic rings. The van der Waals surface area contributed by atoms with Crippen molar-refractivity contribution in [2.45, 2.75) is 56.6 Å². The average molecular weight is 393 g/mol. The molecular weight excluding hydrogens is 370 g/mol. The van der Waals surface area contributed by atoms with Crippen LogP contribution in [-0.2, 0) is 18.9 Å². The molecule has 0 aromatic carbocycles. The summed E-state index contributed by atoms with van der Waals surface area (Å²) in [6.45, 7) is 5.26. The number of nitrogens with one attached hydrogen (secondary N) is 1. The number of ether oxygens (including phenoxy) is 4. The molecule has 0 saturated carbocycles. The summed E-state index contributed by atoms with van der Waals surface area (Å²) in [5.74, 6) is 0.602. The second kappa shape index (κ2) is 6.56. The fraction of sp³-hybridized carbons (Fsp3) is 0.706. The standard InChI is InChI=1S/C17H23N5O4S/c1-17(2)25-12-10(6-27)24-16(13(12)26-17)22-8-20-11-14(18-7-19-15(11)22)21-9-3-4-23-5-9/h7-10,12-13,16,27H,3-6H2,1-2H3,(H,18,19,21). The first kappa shape index (κ1) is 17.6. The highest BCUT2D eigenvalue weighted by Crippen LogP contribution is 2.44. The third kappa shape index (κ3) is 2.99. The van der Waals surface area contributed by atoms with Crippen molar-refractivity contribution in [3.63, 3.8) is 0 Å². The van der Waals surface area contributed by atoms with E-state index < -0.39 is 5.79 Å². The zero-order valence-electron chi connectivity index (χ0n) is 15.2. The van der Waals surface area contributed by atoms with E-state index >= 15 is 0 Å². The molecule has 5 unspecified atom stereocenters. The molecule has 146 valence electrons. The number of aromatic nitrogens is 4. The number of rotatable bonds is 4. The summed E-state index contributed by atoms with van der Waals surface area (Å²) < 4.78 is 25.7. The molecule has 9 nitrogen and oxygen atoms in total. The van der Waals surface area contributed by atoms with Crippen LogP contribution in [0.3, 0.4) is 0 Å². The molecule has 10 heteroatoms. The van der Waals surface area contributed by atoms with E-state index in [0.29, 0.717) is 29.3 Å². The molecule has 5 rings (SSSR count). The van der Waals surface area contributed by atoms with Crippen molar-refractivity contribution in [2.24, 2.45) is 0 Å². The van der Waals surface area contributed by atoms with Crippen LogP contribution in [0.15, 0.2) is 12.7 Å². The Kier molecular flexibility index (Phi) is 4.28. The summed E-state index contributed by atoms with van der Waals surface area (Å²) in [6.07, 6.45) is 3.27. The van der Waals surface area contributed by atoms with E-state index in [1.54, 1.807) is 6.33 Å². The number of hydrogen-bond donors (Lipinski definition) is 2. The van der Waals surface area contributed by atoms with E-state index in [2.05, 4.69) is 32.9 Å². The van der Waals surface area contributed by atoms with Crippen LogP contribution in [0.5, 0.6) is 0 Å². The normalized spacial score (nSPS) is 35.0. The van der Waals surface area contributed by atoms with E-state index in [1.807, 2.05) is 18.4 Å². The minimum Gasteiger partial charge on any atom is -0.379 e. The maximum Gasteiger partial charge on any atom is 0.167 e. The Labute approximate surface area is 162 Å². The van der Waals surface area contributed by atoms with Gasteiger partial charge in [0.2, 0.25) is 0 Å². The largest absolute Gasteiger partial charge is 0.379 e. The van der Waals surface area contributed by atoms with Gasteiger partial charge in [-0.25, -0.2) is 15.0 Å². The lowest BCUT2D eigenvalue weighted by atomic mass is 10.1. The van der Waals surface area contributed by atoms with Gasteiger partial charge >= 0.3 is 0 Å². The van der Waals surface area contributed by atoms with E-state index in [1.165, 1.54) is 6.33 Å². The molecule has 0 amide bonds. The summed E-state index contributed by atoms with van der Waals surface area (Å²) in [5, 5.41) is 3.41. The van der Waals surface area contributed by atoms with Crippen molar-refractivity contribution in [1.82, 2.24) is 19.5 Å². The molecule has 2 aromatic heterocycles. The summed E-state index contributed by atoms with van der Waals surface area (Å²) in [7, 11) is 0. The number of hydrogen-bond acceptors (Lipinski definition) is 9. The minimum absolute atomic E-state index is 0.155. The third-order valence-electron chi connectivity index (χ3n) is 5.21. The van der Waals surface area contributed by atoms with Crippen LogP contribution < -0.4 is 5.32 Å². The second-order valence-electron chi connectivity index (χ2n) is 7.56. The van der Waals surface area contributed by atoms with Crippen molar-refractivity contribution < 1.29 is 18.9 Å². The van der Waals surface area contributed by atoms with Crippen molar-refractivity contribution in [1.29, 1.82) is 0 Å². The topological polar surface area (TPSA) is 92.6 Å². The number of nitrogens with zero attached hydrogens (tertiary/aromatic N) is 4. The Balaban J connectivity index is 1.48. The van der Waals surface area contributed by atoms with Crippen LogP contribution in [0.2, 0.25) is 0 Å². The SMILES string of the molecule is CC1(C)OC2C(CS)OC(n3cnc4c(NC5CCOC5)ncnc43)C2O1. The molecule has 0 aliphatic carbocycles. The van der Waals surface area contributed by atoms with Gasteiger partial charge < -0.3 is 24.3 Å². The summed E-state index contributed by atoms with van der Waals surface area (Å²) in [5.41, 5.74) is 1.40. The van der Waals surface area contributed by atoms with E-state index in [0.717, 1.165) is 13.0 Å². The number of fused-ring (bicyclic) bond motifs is 2. The third-order valence-corrected chi connectivity index (χ3v) is 5.57. The van der Waals surface area contributed by atoms with Crippen LogP contribution in [0.1, 0.15) is 26.5 Å². The summed E-state index contributed by atoms with van der Waals surface area (Å²) in [6, 6.07) is 0.237. The zero-order chi connectivity index (χ0) is 18.6. The molecular formula is C17H23N5O4S. The smallest absolute Gasteiger partial charge is 0.167 e. The Morgan fingerprint density at radius 2 is 2.11 bits per heavy atom. The molecule has 3 fully saturated rings. The molecule has 0 radical (unpaired) electrons.